The highest BCUT2D eigenvalue weighted by atomic mass is 32.2. The van der Waals surface area contributed by atoms with Gasteiger partial charge >= 0.3 is 0 Å². The lowest BCUT2D eigenvalue weighted by atomic mass is 10.1. The first kappa shape index (κ1) is 20.9. The van der Waals surface area contributed by atoms with Gasteiger partial charge in [0.05, 0.1) is 5.25 Å². The summed E-state index contributed by atoms with van der Waals surface area (Å²) in [7, 11) is 0. The molecule has 0 aliphatic rings. The van der Waals surface area contributed by atoms with Crippen LogP contribution in [0.15, 0.2) is 52.1 Å². The summed E-state index contributed by atoms with van der Waals surface area (Å²) in [6.07, 6.45) is -0.513. The van der Waals surface area contributed by atoms with Gasteiger partial charge in [0.25, 0.3) is 11.1 Å². The number of para-hydroxylation sites is 1. The second kappa shape index (κ2) is 9.09. The maximum Gasteiger partial charge on any atom is 0.277 e. The van der Waals surface area contributed by atoms with Crippen molar-refractivity contribution < 1.29 is 18.3 Å². The Balaban J connectivity index is 1.60. The number of benzene rings is 2. The third kappa shape index (κ3) is 5.35. The lowest BCUT2D eigenvalue weighted by Crippen LogP contribution is -2.23. The largest absolute Gasteiger partial charge is 0.481 e. The van der Waals surface area contributed by atoms with Crippen molar-refractivity contribution in [1.29, 1.82) is 0 Å². The Labute approximate surface area is 172 Å². The quantitative estimate of drug-likeness (QED) is 0.542. The SMILES string of the molecule is Cc1cccc(C)c1NC(=O)[C@H](C)Sc1nnc([C@@H](C)Oc2ccc(F)cc2)o1. The molecule has 1 N–H and O–H groups in total. The molecule has 0 fully saturated rings. The number of amides is 1. The Hall–Kier alpha value is -2.87. The lowest BCUT2D eigenvalue weighted by molar-refractivity contribution is -0.115. The minimum absolute atomic E-state index is 0.150. The van der Waals surface area contributed by atoms with Crippen molar-refractivity contribution in [3.63, 3.8) is 0 Å². The van der Waals surface area contributed by atoms with E-state index in [1.165, 1.54) is 36.0 Å². The number of aromatic nitrogens is 2. The van der Waals surface area contributed by atoms with Gasteiger partial charge in [-0.15, -0.1) is 10.2 Å². The number of rotatable bonds is 7. The maximum absolute atomic E-state index is 13.0. The normalized spacial score (nSPS) is 13.0. The molecule has 6 nitrogen and oxygen atoms in total. The molecule has 2 atom stereocenters. The Bertz CT molecular complexity index is 971. The fraction of sp³-hybridized carbons (Fsp3) is 0.286. The van der Waals surface area contributed by atoms with Crippen molar-refractivity contribution >= 4 is 23.4 Å². The molecular formula is C21H22FN3O3S. The van der Waals surface area contributed by atoms with Crippen molar-refractivity contribution in [2.75, 3.05) is 5.32 Å². The number of thioether (sulfide) groups is 1. The standard InChI is InChI=1S/C21H22FN3O3S/c1-12-6-5-7-13(2)18(12)23-19(26)15(4)29-21-25-24-20(28-21)14(3)27-17-10-8-16(22)9-11-17/h5-11,14-15H,1-4H3,(H,23,26)/t14-,15+/m1/s1. The van der Waals surface area contributed by atoms with Crippen LogP contribution < -0.4 is 10.1 Å². The van der Waals surface area contributed by atoms with Gasteiger partial charge in [0.2, 0.25) is 5.91 Å². The molecule has 3 rings (SSSR count). The number of hydrogen-bond donors (Lipinski definition) is 1. The minimum atomic E-state index is -0.513. The van der Waals surface area contributed by atoms with E-state index in [4.69, 9.17) is 9.15 Å². The third-order valence-corrected chi connectivity index (χ3v) is 5.21. The van der Waals surface area contributed by atoms with Crippen LogP contribution in [0.3, 0.4) is 0 Å². The first-order valence-electron chi connectivity index (χ1n) is 9.13. The van der Waals surface area contributed by atoms with E-state index in [9.17, 15) is 9.18 Å². The first-order chi connectivity index (χ1) is 13.8. The van der Waals surface area contributed by atoms with Crippen molar-refractivity contribution in [2.24, 2.45) is 0 Å². The van der Waals surface area contributed by atoms with Crippen molar-refractivity contribution in [1.82, 2.24) is 10.2 Å². The van der Waals surface area contributed by atoms with Gasteiger partial charge in [-0.05, 0) is 63.1 Å². The zero-order valence-electron chi connectivity index (χ0n) is 16.6. The summed E-state index contributed by atoms with van der Waals surface area (Å²) in [5, 5.41) is 10.8. The number of anilines is 1. The van der Waals surface area contributed by atoms with Gasteiger partial charge in [0.15, 0.2) is 6.10 Å². The molecule has 0 saturated carbocycles. The molecule has 2 aromatic carbocycles. The van der Waals surface area contributed by atoms with Gasteiger partial charge in [-0.3, -0.25) is 4.79 Å². The molecule has 0 unspecified atom stereocenters. The number of nitrogens with one attached hydrogen (secondary N) is 1. The average molecular weight is 415 g/mol. The fourth-order valence-electron chi connectivity index (χ4n) is 2.64. The monoisotopic (exact) mass is 415 g/mol. The third-order valence-electron chi connectivity index (χ3n) is 4.27. The Morgan fingerprint density at radius 1 is 1.10 bits per heavy atom. The van der Waals surface area contributed by atoms with Crippen LogP contribution in [0, 0.1) is 19.7 Å². The average Bonchev–Trinajstić information content (AvgIpc) is 3.15. The zero-order chi connectivity index (χ0) is 21.0. The van der Waals surface area contributed by atoms with Gasteiger partial charge in [-0.25, -0.2) is 4.39 Å². The minimum Gasteiger partial charge on any atom is -0.481 e. The van der Waals surface area contributed by atoms with E-state index in [-0.39, 0.29) is 22.8 Å². The van der Waals surface area contributed by atoms with Crippen molar-refractivity contribution in [3.05, 3.63) is 65.3 Å². The summed E-state index contributed by atoms with van der Waals surface area (Å²) < 4.78 is 24.3. The summed E-state index contributed by atoms with van der Waals surface area (Å²) in [6, 6.07) is 11.5. The van der Waals surface area contributed by atoms with E-state index >= 15 is 0 Å². The van der Waals surface area contributed by atoms with Gasteiger partial charge in [-0.2, -0.15) is 0 Å². The second-order valence-electron chi connectivity index (χ2n) is 6.64. The summed E-state index contributed by atoms with van der Waals surface area (Å²) in [5.74, 6) is 0.282. The van der Waals surface area contributed by atoms with Crippen molar-refractivity contribution in [2.45, 2.75) is 44.3 Å². The number of ether oxygens (including phenoxy) is 1. The molecule has 1 amide bonds. The number of carbonyl (C=O) groups is 1. The molecule has 0 bridgehead atoms. The van der Waals surface area contributed by atoms with Crippen LogP contribution in [0.5, 0.6) is 5.75 Å². The van der Waals surface area contributed by atoms with Gasteiger partial charge in [0, 0.05) is 5.69 Å². The van der Waals surface area contributed by atoms with Gasteiger partial charge in [-0.1, -0.05) is 30.0 Å². The molecule has 1 aromatic heterocycles. The van der Waals surface area contributed by atoms with E-state index in [0.29, 0.717) is 5.75 Å². The van der Waals surface area contributed by atoms with Gasteiger partial charge < -0.3 is 14.5 Å². The number of nitrogens with zero attached hydrogens (tertiary/aromatic N) is 2. The highest BCUT2D eigenvalue weighted by Crippen LogP contribution is 2.28. The number of aryl methyl sites for hydroxylation is 2. The molecular weight excluding hydrogens is 393 g/mol. The van der Waals surface area contributed by atoms with Crippen LogP contribution in [0.2, 0.25) is 0 Å². The first-order valence-corrected chi connectivity index (χ1v) is 10.0. The topological polar surface area (TPSA) is 77.2 Å². The lowest BCUT2D eigenvalue weighted by Gasteiger charge is -2.14. The molecule has 29 heavy (non-hydrogen) atoms. The molecule has 3 aromatic rings. The predicted molar refractivity (Wildman–Crippen MR) is 110 cm³/mol. The molecule has 0 saturated heterocycles. The van der Waals surface area contributed by atoms with Crippen LogP contribution in [0.25, 0.3) is 0 Å². The number of hydrogen-bond acceptors (Lipinski definition) is 6. The molecule has 0 aliphatic heterocycles. The van der Waals surface area contributed by atoms with Crippen LogP contribution in [-0.2, 0) is 4.79 Å². The molecule has 1 heterocycles. The van der Waals surface area contributed by atoms with Gasteiger partial charge in [0.1, 0.15) is 11.6 Å². The second-order valence-corrected chi connectivity index (χ2v) is 7.93. The van der Waals surface area contributed by atoms with E-state index in [1.54, 1.807) is 13.8 Å². The predicted octanol–water partition coefficient (Wildman–Crippen LogP) is 5.08. The van der Waals surface area contributed by atoms with E-state index < -0.39 is 11.4 Å². The van der Waals surface area contributed by atoms with Crippen LogP contribution in [-0.4, -0.2) is 21.4 Å². The Morgan fingerprint density at radius 3 is 2.41 bits per heavy atom. The molecule has 8 heteroatoms. The summed E-state index contributed by atoms with van der Waals surface area (Å²) in [4.78, 5) is 12.6. The van der Waals surface area contributed by atoms with Crippen LogP contribution in [0.4, 0.5) is 10.1 Å². The van der Waals surface area contributed by atoms with Crippen molar-refractivity contribution in [3.8, 4) is 5.75 Å². The number of carbonyl (C=O) groups excluding carboxylic acids is 1. The fourth-order valence-corrected chi connectivity index (χ4v) is 3.33. The molecule has 0 spiro atoms. The summed E-state index contributed by atoms with van der Waals surface area (Å²) in [5.41, 5.74) is 2.82. The van der Waals surface area contributed by atoms with E-state index in [0.717, 1.165) is 16.8 Å². The highest BCUT2D eigenvalue weighted by Gasteiger charge is 2.21. The molecule has 0 aliphatic carbocycles. The highest BCUT2D eigenvalue weighted by molar-refractivity contribution is 8.00. The maximum atomic E-state index is 13.0. The molecule has 152 valence electrons. The number of halogens is 1. The Kier molecular flexibility index (Phi) is 6.53. The van der Waals surface area contributed by atoms with Crippen LogP contribution >= 0.6 is 11.8 Å². The van der Waals surface area contributed by atoms with E-state index in [2.05, 4.69) is 15.5 Å². The van der Waals surface area contributed by atoms with Crippen LogP contribution in [0.1, 0.15) is 37.0 Å². The smallest absolute Gasteiger partial charge is 0.277 e. The molecule has 0 radical (unpaired) electrons. The summed E-state index contributed by atoms with van der Waals surface area (Å²) in [6.45, 7) is 7.43. The Morgan fingerprint density at radius 2 is 1.76 bits per heavy atom. The zero-order valence-corrected chi connectivity index (χ0v) is 17.4. The summed E-state index contributed by atoms with van der Waals surface area (Å²) >= 11 is 1.17. The van der Waals surface area contributed by atoms with E-state index in [1.807, 2.05) is 32.0 Å².